The third-order valence-electron chi connectivity index (χ3n) is 5.07. The van der Waals surface area contributed by atoms with Gasteiger partial charge in [-0.05, 0) is 51.8 Å². The molecule has 0 unspecified atom stereocenters. The normalized spacial score (nSPS) is 16.9. The van der Waals surface area contributed by atoms with Gasteiger partial charge in [0.2, 0.25) is 0 Å². The summed E-state index contributed by atoms with van der Waals surface area (Å²) in [5.41, 5.74) is 1.30. The maximum absolute atomic E-state index is 12.6. The van der Waals surface area contributed by atoms with Crippen LogP contribution in [-0.4, -0.2) is 64.2 Å². The maximum Gasteiger partial charge on any atom is 0.410 e. The molecule has 166 valence electrons. The van der Waals surface area contributed by atoms with Crippen molar-refractivity contribution in [2.45, 2.75) is 50.3 Å². The van der Waals surface area contributed by atoms with Gasteiger partial charge in [-0.2, -0.15) is 0 Å². The van der Waals surface area contributed by atoms with E-state index in [0.717, 1.165) is 29.2 Å². The van der Waals surface area contributed by atoms with Gasteiger partial charge in [-0.25, -0.2) is 9.78 Å². The van der Waals surface area contributed by atoms with Crippen LogP contribution in [0.1, 0.15) is 39.3 Å². The number of ether oxygens (including phenoxy) is 2. The van der Waals surface area contributed by atoms with E-state index >= 15 is 0 Å². The zero-order valence-electron chi connectivity index (χ0n) is 18.1. The zero-order chi connectivity index (χ0) is 22.0. The molecule has 0 aliphatic carbocycles. The van der Waals surface area contributed by atoms with E-state index in [1.54, 1.807) is 11.1 Å². The average molecular weight is 445 g/mol. The summed E-state index contributed by atoms with van der Waals surface area (Å²) in [5, 5.41) is 3.91. The van der Waals surface area contributed by atoms with Crippen molar-refractivity contribution in [2.24, 2.45) is 0 Å². The number of nitrogens with zero attached hydrogens (tertiary/aromatic N) is 3. The van der Waals surface area contributed by atoms with Crippen LogP contribution in [0.4, 0.5) is 4.79 Å². The number of piperidine rings is 1. The lowest BCUT2D eigenvalue weighted by atomic mass is 10.1. The van der Waals surface area contributed by atoms with Gasteiger partial charge < -0.3 is 19.7 Å². The van der Waals surface area contributed by atoms with Crippen molar-refractivity contribution in [1.82, 2.24) is 19.6 Å². The van der Waals surface area contributed by atoms with Crippen molar-refractivity contribution >= 4 is 35.5 Å². The fourth-order valence-corrected chi connectivity index (χ4v) is 4.61. The molecule has 31 heavy (non-hydrogen) atoms. The summed E-state index contributed by atoms with van der Waals surface area (Å²) < 4.78 is 13.4. The summed E-state index contributed by atoms with van der Waals surface area (Å²) in [7, 11) is 0. The quantitative estimate of drug-likeness (QED) is 0.712. The number of hydrogen-bond acceptors (Lipinski definition) is 6. The number of rotatable bonds is 5. The van der Waals surface area contributed by atoms with Gasteiger partial charge in [-0.3, -0.25) is 9.20 Å². The minimum Gasteiger partial charge on any atom is -0.444 e. The molecule has 1 saturated heterocycles. The number of carbonyl (C=O) groups excluding carboxylic acids is 2. The highest BCUT2D eigenvalue weighted by molar-refractivity contribution is 8.04. The molecule has 0 radical (unpaired) electrons. The highest BCUT2D eigenvalue weighted by Gasteiger charge is 2.27. The van der Waals surface area contributed by atoms with Gasteiger partial charge in [0.05, 0.1) is 34.5 Å². The molecule has 2 aliphatic rings. The second-order valence-electron chi connectivity index (χ2n) is 8.64. The summed E-state index contributed by atoms with van der Waals surface area (Å²) in [6.45, 7) is 7.72. The predicted octanol–water partition coefficient (Wildman–Crippen LogP) is 3.31. The largest absolute Gasteiger partial charge is 0.444 e. The van der Waals surface area contributed by atoms with Gasteiger partial charge in [-0.15, -0.1) is 0 Å². The topological polar surface area (TPSA) is 85.2 Å². The first-order chi connectivity index (χ1) is 14.8. The first kappa shape index (κ1) is 21.7. The minimum atomic E-state index is -0.485. The van der Waals surface area contributed by atoms with Crippen LogP contribution in [0, 0.1) is 0 Å². The van der Waals surface area contributed by atoms with E-state index in [-0.39, 0.29) is 18.1 Å². The van der Waals surface area contributed by atoms with Crippen molar-refractivity contribution in [3.05, 3.63) is 35.0 Å². The molecule has 0 bridgehead atoms. The summed E-state index contributed by atoms with van der Waals surface area (Å²) in [6.07, 6.45) is 4.99. The van der Waals surface area contributed by atoms with Crippen LogP contribution < -0.4 is 5.32 Å². The van der Waals surface area contributed by atoms with E-state index in [9.17, 15) is 9.59 Å². The summed E-state index contributed by atoms with van der Waals surface area (Å²) in [5.74, 6) is -0.113. The lowest BCUT2D eigenvalue weighted by Gasteiger charge is -2.33. The Kier molecular flexibility index (Phi) is 6.24. The molecule has 4 heterocycles. The highest BCUT2D eigenvalue weighted by Crippen LogP contribution is 2.34. The number of likely N-dealkylation sites (tertiary alicyclic amines) is 1. The predicted molar refractivity (Wildman–Crippen MR) is 119 cm³/mol. The molecule has 1 fully saturated rings. The summed E-state index contributed by atoms with van der Waals surface area (Å²) in [6, 6.07) is 5.87. The van der Waals surface area contributed by atoms with E-state index in [4.69, 9.17) is 9.47 Å². The molecule has 4 rings (SSSR count). The van der Waals surface area contributed by atoms with Crippen LogP contribution in [0.2, 0.25) is 0 Å². The van der Waals surface area contributed by atoms with Gasteiger partial charge in [0.15, 0.2) is 0 Å². The fraction of sp³-hybridized carbons (Fsp3) is 0.500. The van der Waals surface area contributed by atoms with E-state index in [1.807, 2.05) is 49.4 Å². The maximum atomic E-state index is 12.6. The molecule has 2 amide bonds. The number of thioether (sulfide) groups is 1. The molecule has 2 aromatic heterocycles. The number of imidazole rings is 1. The third-order valence-corrected chi connectivity index (χ3v) is 6.12. The zero-order valence-corrected chi connectivity index (χ0v) is 18.9. The van der Waals surface area contributed by atoms with E-state index in [1.165, 1.54) is 11.8 Å². The number of nitrogens with one attached hydrogen (secondary N) is 1. The van der Waals surface area contributed by atoms with Gasteiger partial charge in [0, 0.05) is 19.6 Å². The van der Waals surface area contributed by atoms with Crippen LogP contribution in [0.3, 0.4) is 0 Å². The first-order valence-corrected chi connectivity index (χ1v) is 11.4. The van der Waals surface area contributed by atoms with E-state index < -0.39 is 5.60 Å². The highest BCUT2D eigenvalue weighted by atomic mass is 32.2. The number of hydrogen-bond donors (Lipinski definition) is 1. The Labute approximate surface area is 186 Å². The number of aromatic nitrogens is 2. The first-order valence-electron chi connectivity index (χ1n) is 10.5. The Hall–Kier alpha value is -2.52. The molecule has 0 spiro atoms. The molecule has 8 nitrogen and oxygen atoms in total. The third kappa shape index (κ3) is 5.22. The molecule has 9 heteroatoms. The van der Waals surface area contributed by atoms with E-state index in [0.29, 0.717) is 31.1 Å². The van der Waals surface area contributed by atoms with Crippen LogP contribution in [-0.2, 0) is 14.3 Å². The standard InChI is InChI=1S/C22H28N4O4S/c1-22(2,3)30-21(28)25-10-7-16(8-11-25)29-12-9-23-20(27)17-13-15-14-24-18-5-4-6-19(31-17)26(15)18/h4-6,13-14,16H,7-12H2,1-3H3,(H,23,27). The van der Waals surface area contributed by atoms with Crippen molar-refractivity contribution in [3.63, 3.8) is 0 Å². The SMILES string of the molecule is CC(C)(C)OC(=O)N1CCC(OCCNC(=O)C2=Cc3cnc4cccc(n34)S2)CC1. The second-order valence-corrected chi connectivity index (χ2v) is 9.71. The number of pyridine rings is 1. The van der Waals surface area contributed by atoms with E-state index in [2.05, 4.69) is 10.3 Å². The minimum absolute atomic E-state index is 0.0887. The van der Waals surface area contributed by atoms with Crippen molar-refractivity contribution in [1.29, 1.82) is 0 Å². The lowest BCUT2D eigenvalue weighted by Crippen LogP contribution is -2.43. The Morgan fingerprint density at radius 1 is 1.26 bits per heavy atom. The number of carbonyl (C=O) groups is 2. The van der Waals surface area contributed by atoms with Crippen LogP contribution >= 0.6 is 11.8 Å². The smallest absolute Gasteiger partial charge is 0.410 e. The molecule has 0 atom stereocenters. The molecular formula is C22H28N4O4S. The van der Waals surface area contributed by atoms with Crippen molar-refractivity contribution in [3.8, 4) is 0 Å². The molecule has 0 aromatic carbocycles. The Bertz CT molecular complexity index is 1000. The van der Waals surface area contributed by atoms with Crippen molar-refractivity contribution in [2.75, 3.05) is 26.2 Å². The second kappa shape index (κ2) is 8.92. The van der Waals surface area contributed by atoms with Gasteiger partial charge >= 0.3 is 6.09 Å². The average Bonchev–Trinajstić information content (AvgIpc) is 3.15. The van der Waals surface area contributed by atoms with Gasteiger partial charge in [0.25, 0.3) is 5.91 Å². The number of amides is 2. The monoisotopic (exact) mass is 444 g/mol. The Balaban J connectivity index is 1.19. The molecule has 1 N–H and O–H groups in total. The van der Waals surface area contributed by atoms with Crippen molar-refractivity contribution < 1.29 is 19.1 Å². The van der Waals surface area contributed by atoms with Crippen LogP contribution in [0.5, 0.6) is 0 Å². The Morgan fingerprint density at radius 2 is 2.03 bits per heavy atom. The molecular weight excluding hydrogens is 416 g/mol. The van der Waals surface area contributed by atoms with Gasteiger partial charge in [-0.1, -0.05) is 17.8 Å². The van der Waals surface area contributed by atoms with Crippen LogP contribution in [0.15, 0.2) is 34.3 Å². The molecule has 0 saturated carbocycles. The molecule has 2 aromatic rings. The summed E-state index contributed by atoms with van der Waals surface area (Å²) >= 11 is 1.44. The summed E-state index contributed by atoms with van der Waals surface area (Å²) in [4.78, 5) is 31.5. The molecule has 2 aliphatic heterocycles. The fourth-order valence-electron chi connectivity index (χ4n) is 3.61. The van der Waals surface area contributed by atoms with Crippen LogP contribution in [0.25, 0.3) is 11.7 Å². The van der Waals surface area contributed by atoms with Gasteiger partial charge in [0.1, 0.15) is 11.2 Å². The Morgan fingerprint density at radius 3 is 2.77 bits per heavy atom. The lowest BCUT2D eigenvalue weighted by molar-refractivity contribution is -0.117.